The maximum atomic E-state index is 14.1. The molecule has 0 radical (unpaired) electrons. The first-order valence-corrected chi connectivity index (χ1v) is 26.0. The van der Waals surface area contributed by atoms with Crippen LogP contribution in [-0.4, -0.2) is 91.1 Å². The number of hydrogen-bond acceptors (Lipinski definition) is 9. The number of ether oxygens (including phenoxy) is 6. The Morgan fingerprint density at radius 2 is 1.42 bits per heavy atom. The average Bonchev–Trinajstić information content (AvgIpc) is 3.50. The Labute approximate surface area is 395 Å². The highest BCUT2D eigenvalue weighted by molar-refractivity contribution is 6.77. The highest BCUT2D eigenvalue weighted by atomic mass is 28.4. The number of benzene rings is 4. The van der Waals surface area contributed by atoms with E-state index in [2.05, 4.69) is 71.9 Å². The molecule has 11 nitrogen and oxygen atoms in total. The van der Waals surface area contributed by atoms with Crippen LogP contribution < -0.4 is 14.4 Å². The van der Waals surface area contributed by atoms with Gasteiger partial charge in [-0.05, 0) is 83.4 Å². The van der Waals surface area contributed by atoms with Gasteiger partial charge in [0.2, 0.25) is 14.2 Å². The van der Waals surface area contributed by atoms with Gasteiger partial charge in [-0.25, -0.2) is 4.79 Å². The molecule has 0 saturated carbocycles. The topological polar surface area (TPSA) is 105 Å². The fraction of sp³-hybridized carbons (Fsp3) is 0.519. The van der Waals surface area contributed by atoms with Crippen LogP contribution in [0.1, 0.15) is 102 Å². The van der Waals surface area contributed by atoms with Crippen LogP contribution in [0.15, 0.2) is 97.1 Å². The van der Waals surface area contributed by atoms with E-state index in [4.69, 9.17) is 32.8 Å². The van der Waals surface area contributed by atoms with Crippen LogP contribution in [0, 0.1) is 0 Å². The molecule has 2 aliphatic heterocycles. The standard InChI is InChI=1S/C54H74N2O9Si/c1-38(2)66(39(3)4,40(5)6)65-50-34-55(53(58)64-35-41-18-12-11-13-19-41)33-49(63-36-42-22-27-46-47(32-42)56(28-16-29-59-9)52(57)54(46,7)8)51(50)43-23-25-45(26-24-43)62-31-17-30-61-37-44-20-14-15-21-48(44)60-10/h11-15,18-27,32,38-40,49-51H,16-17,28-31,33-37H2,1-10H3. The predicted octanol–water partition coefficient (Wildman–Crippen LogP) is 11.2. The van der Waals surface area contributed by atoms with E-state index in [1.807, 2.05) is 85.5 Å². The van der Waals surface area contributed by atoms with Crippen molar-refractivity contribution in [3.05, 3.63) is 125 Å². The molecule has 2 heterocycles. The molecule has 6 rings (SSSR count). The third kappa shape index (κ3) is 11.9. The minimum Gasteiger partial charge on any atom is -0.496 e. The number of para-hydroxylation sites is 1. The largest absolute Gasteiger partial charge is 0.496 e. The van der Waals surface area contributed by atoms with Gasteiger partial charge < -0.3 is 42.6 Å². The van der Waals surface area contributed by atoms with Gasteiger partial charge in [-0.2, -0.15) is 0 Å². The predicted molar refractivity (Wildman–Crippen MR) is 263 cm³/mol. The Morgan fingerprint density at radius 1 is 0.742 bits per heavy atom. The van der Waals surface area contributed by atoms with Gasteiger partial charge in [0.05, 0.1) is 57.7 Å². The second kappa shape index (κ2) is 23.3. The zero-order valence-electron chi connectivity index (χ0n) is 41.0. The summed E-state index contributed by atoms with van der Waals surface area (Å²) in [5, 5.41) is 0. The van der Waals surface area contributed by atoms with E-state index in [0.717, 1.165) is 57.8 Å². The van der Waals surface area contributed by atoms with E-state index >= 15 is 0 Å². The van der Waals surface area contributed by atoms with Crippen LogP contribution >= 0.6 is 0 Å². The Hall–Kier alpha value is -4.72. The lowest BCUT2D eigenvalue weighted by Gasteiger charge is -2.50. The molecule has 1 fully saturated rings. The van der Waals surface area contributed by atoms with E-state index in [1.165, 1.54) is 0 Å². The maximum absolute atomic E-state index is 14.1. The average molecular weight is 923 g/mol. The van der Waals surface area contributed by atoms with Crippen molar-refractivity contribution in [3.63, 3.8) is 0 Å². The van der Waals surface area contributed by atoms with Gasteiger partial charge in [0, 0.05) is 50.4 Å². The zero-order chi connectivity index (χ0) is 47.4. The molecule has 3 unspecified atom stereocenters. The summed E-state index contributed by atoms with van der Waals surface area (Å²) in [5.74, 6) is 1.45. The quantitative estimate of drug-likeness (QED) is 0.0531. The van der Waals surface area contributed by atoms with Crippen LogP contribution in [0.4, 0.5) is 10.5 Å². The van der Waals surface area contributed by atoms with Crippen molar-refractivity contribution in [1.29, 1.82) is 0 Å². The summed E-state index contributed by atoms with van der Waals surface area (Å²) in [6.07, 6.45) is 0.228. The second-order valence-electron chi connectivity index (χ2n) is 19.2. The van der Waals surface area contributed by atoms with E-state index in [-0.39, 0.29) is 31.1 Å². The van der Waals surface area contributed by atoms with Gasteiger partial charge in [-0.15, -0.1) is 0 Å². The van der Waals surface area contributed by atoms with Crippen molar-refractivity contribution >= 4 is 26.0 Å². The zero-order valence-corrected chi connectivity index (χ0v) is 42.0. The number of carbonyl (C=O) groups is 2. The van der Waals surface area contributed by atoms with Crippen molar-refractivity contribution in [1.82, 2.24) is 4.90 Å². The van der Waals surface area contributed by atoms with E-state index < -0.39 is 25.9 Å². The number of fused-ring (bicyclic) bond motifs is 1. The molecule has 4 aromatic carbocycles. The molecule has 66 heavy (non-hydrogen) atoms. The number of rotatable bonds is 23. The van der Waals surface area contributed by atoms with Crippen molar-refractivity contribution in [3.8, 4) is 11.5 Å². The van der Waals surface area contributed by atoms with Gasteiger partial charge >= 0.3 is 6.09 Å². The highest BCUT2D eigenvalue weighted by Crippen LogP contribution is 2.47. The molecule has 1 saturated heterocycles. The molecule has 0 bridgehead atoms. The monoisotopic (exact) mass is 923 g/mol. The Morgan fingerprint density at radius 3 is 2.11 bits per heavy atom. The smallest absolute Gasteiger partial charge is 0.410 e. The third-order valence-corrected chi connectivity index (χ3v) is 19.7. The number of piperidine rings is 1. The Bertz CT molecular complexity index is 2140. The minimum absolute atomic E-state index is 0.0848. The van der Waals surface area contributed by atoms with E-state index in [9.17, 15) is 9.59 Å². The summed E-state index contributed by atoms with van der Waals surface area (Å²) in [6.45, 7) is 21.5. The van der Waals surface area contributed by atoms with Crippen molar-refractivity contribution in [2.24, 2.45) is 0 Å². The molecule has 0 spiro atoms. The first kappa shape index (κ1) is 50.7. The van der Waals surface area contributed by atoms with E-state index in [0.29, 0.717) is 62.7 Å². The fourth-order valence-electron chi connectivity index (χ4n) is 10.2. The minimum atomic E-state index is -2.49. The number of anilines is 1. The molecule has 2 amide bonds. The van der Waals surface area contributed by atoms with Crippen LogP contribution in [0.3, 0.4) is 0 Å². The Kier molecular flexibility index (Phi) is 17.9. The number of nitrogens with zero attached hydrogens (tertiary/aromatic N) is 2. The molecule has 12 heteroatoms. The summed E-state index contributed by atoms with van der Waals surface area (Å²) in [7, 11) is 0.864. The van der Waals surface area contributed by atoms with Gasteiger partial charge in [-0.1, -0.05) is 114 Å². The van der Waals surface area contributed by atoms with Gasteiger partial charge in [0.1, 0.15) is 18.1 Å². The molecule has 2 aliphatic rings. The fourth-order valence-corrected chi connectivity index (χ4v) is 15.8. The van der Waals surface area contributed by atoms with Crippen molar-refractivity contribution in [2.75, 3.05) is 58.6 Å². The van der Waals surface area contributed by atoms with Gasteiger partial charge in [0.25, 0.3) is 0 Å². The summed E-state index contributed by atoms with van der Waals surface area (Å²) < 4.78 is 43.7. The number of methoxy groups -OCH3 is 2. The van der Waals surface area contributed by atoms with Crippen LogP contribution in [0.5, 0.6) is 11.5 Å². The lowest BCUT2D eigenvalue weighted by atomic mass is 9.84. The molecule has 0 aromatic heterocycles. The molecular weight excluding hydrogens is 849 g/mol. The van der Waals surface area contributed by atoms with E-state index in [1.54, 1.807) is 19.1 Å². The summed E-state index contributed by atoms with van der Waals surface area (Å²) in [5.41, 5.74) is 6.17. The first-order chi connectivity index (χ1) is 31.7. The van der Waals surface area contributed by atoms with Crippen LogP contribution in [0.2, 0.25) is 16.6 Å². The SMILES string of the molecule is COCCCN1C(=O)C(C)(C)c2ccc(COC3CN(C(=O)OCc4ccccc4)CC(O[Si](C(C)C)(C(C)C)C(C)C)C3c3ccc(OCCCOCc4ccccc4OC)cc3)cc21. The molecule has 0 aliphatic carbocycles. The normalized spacial score (nSPS) is 18.3. The summed E-state index contributed by atoms with van der Waals surface area (Å²) in [6, 6.07) is 32.2. The summed E-state index contributed by atoms with van der Waals surface area (Å²) >= 11 is 0. The number of hydrogen-bond donors (Lipinski definition) is 0. The molecule has 3 atom stereocenters. The highest BCUT2D eigenvalue weighted by Gasteiger charge is 2.51. The molecular formula is C54H74N2O9Si. The van der Waals surface area contributed by atoms with Crippen molar-refractivity contribution < 1.29 is 42.4 Å². The second-order valence-corrected chi connectivity index (χ2v) is 24.6. The molecule has 358 valence electrons. The van der Waals surface area contributed by atoms with Gasteiger partial charge in [0.15, 0.2) is 0 Å². The van der Waals surface area contributed by atoms with Crippen molar-refractivity contribution in [2.45, 2.75) is 128 Å². The lowest BCUT2D eigenvalue weighted by Crippen LogP contribution is -2.59. The van der Waals surface area contributed by atoms with Crippen LogP contribution in [-0.2, 0) is 53.4 Å². The third-order valence-electron chi connectivity index (χ3n) is 13.5. The van der Waals surface area contributed by atoms with Gasteiger partial charge in [-0.3, -0.25) is 4.79 Å². The summed E-state index contributed by atoms with van der Waals surface area (Å²) in [4.78, 5) is 31.5. The Balaban J connectivity index is 1.27. The first-order valence-electron chi connectivity index (χ1n) is 23.8. The number of amides is 2. The number of likely N-dealkylation sites (tertiary alicyclic amines) is 1. The molecule has 4 aromatic rings. The molecule has 0 N–H and O–H groups in total. The van der Waals surface area contributed by atoms with Crippen LogP contribution in [0.25, 0.3) is 0 Å². The number of carbonyl (C=O) groups excluding carboxylic acids is 2. The maximum Gasteiger partial charge on any atom is 0.410 e. The lowest BCUT2D eigenvalue weighted by molar-refractivity contribution is -0.122.